The van der Waals surface area contributed by atoms with Crippen molar-refractivity contribution in [1.82, 2.24) is 0 Å². The fourth-order valence-electron chi connectivity index (χ4n) is 3.63. The van der Waals surface area contributed by atoms with E-state index < -0.39 is 7.60 Å². The fourth-order valence-corrected chi connectivity index (χ4v) is 7.90. The van der Waals surface area contributed by atoms with Crippen molar-refractivity contribution in [3.8, 4) is 20.2 Å². The summed E-state index contributed by atoms with van der Waals surface area (Å²) in [6.45, 7) is 4.45. The molecule has 0 spiro atoms. The summed E-state index contributed by atoms with van der Waals surface area (Å²) < 4.78 is 12.1. The quantitative estimate of drug-likeness (QED) is 0.185. The molecule has 3 aromatic heterocycles. The van der Waals surface area contributed by atoms with Crippen molar-refractivity contribution >= 4 is 46.2 Å². The molecule has 0 unspecified atom stereocenters. The summed E-state index contributed by atoms with van der Waals surface area (Å²) in [5.74, 6) is 0. The van der Waals surface area contributed by atoms with E-state index in [1.54, 1.807) is 28.7 Å². The van der Waals surface area contributed by atoms with E-state index in [2.05, 4.69) is 38.1 Å². The lowest BCUT2D eigenvalue weighted by atomic mass is 10.1. The van der Waals surface area contributed by atoms with E-state index in [1.165, 1.54) is 72.5 Å². The molecule has 2 N–H and O–H groups in total. The molecule has 0 aromatic carbocycles. The van der Waals surface area contributed by atoms with Crippen molar-refractivity contribution in [3.63, 3.8) is 0 Å². The Morgan fingerprint density at radius 1 is 0.742 bits per heavy atom. The number of unbranched alkanes of at least 4 members (excludes halogenated alkanes) is 6. The highest BCUT2D eigenvalue weighted by molar-refractivity contribution is 7.67. The Labute approximate surface area is 198 Å². The van der Waals surface area contributed by atoms with Crippen LogP contribution in [0, 0.1) is 0 Å². The molecule has 0 bridgehead atoms. The van der Waals surface area contributed by atoms with Gasteiger partial charge in [-0.3, -0.25) is 4.57 Å². The van der Waals surface area contributed by atoms with Crippen LogP contribution in [-0.4, -0.2) is 9.79 Å². The topological polar surface area (TPSA) is 57.5 Å². The van der Waals surface area contributed by atoms with Crippen LogP contribution >= 0.6 is 41.6 Å². The van der Waals surface area contributed by atoms with E-state index >= 15 is 0 Å². The van der Waals surface area contributed by atoms with Crippen molar-refractivity contribution in [2.24, 2.45) is 0 Å². The number of hydrogen-bond acceptors (Lipinski definition) is 4. The fraction of sp³-hybridized carbons (Fsp3) is 0.500. The summed E-state index contributed by atoms with van der Waals surface area (Å²) in [6.07, 6.45) is 12.1. The smallest absolute Gasteiger partial charge is 0.320 e. The summed E-state index contributed by atoms with van der Waals surface area (Å²) in [5.41, 5.74) is 0.965. The monoisotopic (exact) mass is 496 g/mol. The average Bonchev–Trinajstić information content (AvgIpc) is 3.47. The van der Waals surface area contributed by atoms with Crippen molar-refractivity contribution in [2.75, 3.05) is 0 Å². The third kappa shape index (κ3) is 7.12. The molecule has 0 saturated carbocycles. The molecule has 7 heteroatoms. The SMILES string of the molecule is CCCCCCc1ccc(-c2cc(P(=O)(O)O)sc2-c2ccc(CCCCCC)s2)s1. The Hall–Kier alpha value is -0.750. The van der Waals surface area contributed by atoms with Gasteiger partial charge in [0, 0.05) is 25.1 Å². The first-order valence-corrected chi connectivity index (χ1v) is 15.4. The van der Waals surface area contributed by atoms with E-state index in [1.807, 2.05) is 0 Å². The van der Waals surface area contributed by atoms with Crippen LogP contribution in [-0.2, 0) is 17.4 Å². The van der Waals surface area contributed by atoms with Crippen molar-refractivity contribution < 1.29 is 14.4 Å². The molecule has 0 amide bonds. The van der Waals surface area contributed by atoms with Crippen LogP contribution in [0.4, 0.5) is 0 Å². The second-order valence-electron chi connectivity index (χ2n) is 8.02. The molecule has 0 radical (unpaired) electrons. The lowest BCUT2D eigenvalue weighted by molar-refractivity contribution is 0.388. The average molecular weight is 497 g/mol. The Bertz CT molecular complexity index is 928. The Morgan fingerprint density at radius 2 is 1.29 bits per heavy atom. The van der Waals surface area contributed by atoms with Crippen LogP contribution in [0.2, 0.25) is 0 Å². The van der Waals surface area contributed by atoms with Gasteiger partial charge in [-0.1, -0.05) is 52.4 Å². The lowest BCUT2D eigenvalue weighted by Gasteiger charge is -2.00. The standard InChI is InChI=1S/C24H33O3PS3/c1-3-5-7-9-11-18-13-15-21(29-18)20-17-23(28(25,26)27)31-24(20)22-16-14-19(30-22)12-10-8-6-4-2/h13-17H,3-12H2,1-2H3,(H2,25,26,27). The number of hydrogen-bond donors (Lipinski definition) is 2. The van der Waals surface area contributed by atoms with Crippen LogP contribution in [0.1, 0.15) is 75.0 Å². The highest BCUT2D eigenvalue weighted by Gasteiger charge is 2.25. The van der Waals surface area contributed by atoms with Gasteiger partial charge >= 0.3 is 7.60 Å². The summed E-state index contributed by atoms with van der Waals surface area (Å²) in [5, 5.41) is 0. The predicted octanol–water partition coefficient (Wildman–Crippen LogP) is 8.25. The summed E-state index contributed by atoms with van der Waals surface area (Å²) in [4.78, 5) is 25.5. The van der Waals surface area contributed by atoms with E-state index in [9.17, 15) is 14.4 Å². The second kappa shape index (κ2) is 11.9. The molecule has 170 valence electrons. The Balaban J connectivity index is 1.83. The zero-order valence-corrected chi connectivity index (χ0v) is 21.8. The van der Waals surface area contributed by atoms with Gasteiger partial charge in [0.1, 0.15) is 4.62 Å². The molecule has 0 saturated heterocycles. The van der Waals surface area contributed by atoms with Crippen LogP contribution < -0.4 is 4.62 Å². The third-order valence-electron chi connectivity index (χ3n) is 5.37. The molecule has 3 nitrogen and oxygen atoms in total. The highest BCUT2D eigenvalue weighted by Crippen LogP contribution is 2.47. The zero-order valence-electron chi connectivity index (χ0n) is 18.4. The third-order valence-corrected chi connectivity index (χ3v) is 10.5. The first kappa shape index (κ1) is 24.9. The molecular weight excluding hydrogens is 463 g/mol. The van der Waals surface area contributed by atoms with Gasteiger partial charge in [-0.05, 0) is 56.0 Å². The van der Waals surface area contributed by atoms with Gasteiger partial charge in [0.05, 0.1) is 4.88 Å². The number of rotatable bonds is 13. The minimum absolute atomic E-state index is 0.160. The van der Waals surface area contributed by atoms with Gasteiger partial charge in [0.25, 0.3) is 0 Å². The molecule has 0 aliphatic heterocycles. The van der Waals surface area contributed by atoms with Crippen LogP contribution in [0.25, 0.3) is 20.2 Å². The predicted molar refractivity (Wildman–Crippen MR) is 138 cm³/mol. The van der Waals surface area contributed by atoms with Gasteiger partial charge in [0.2, 0.25) is 0 Å². The number of thiophene rings is 3. The van der Waals surface area contributed by atoms with Gasteiger partial charge in [-0.2, -0.15) is 0 Å². The van der Waals surface area contributed by atoms with Crippen molar-refractivity contribution in [2.45, 2.75) is 78.1 Å². The summed E-state index contributed by atoms with van der Waals surface area (Å²) in [6, 6.07) is 10.3. The van der Waals surface area contributed by atoms with E-state index in [4.69, 9.17) is 0 Å². The van der Waals surface area contributed by atoms with Gasteiger partial charge < -0.3 is 9.79 Å². The van der Waals surface area contributed by atoms with E-state index in [0.29, 0.717) is 0 Å². The Kier molecular flexibility index (Phi) is 9.57. The second-order valence-corrected chi connectivity index (χ2v) is 13.3. The molecule has 3 rings (SSSR count). The molecular formula is C24H33O3PS3. The maximum absolute atomic E-state index is 12.0. The molecule has 0 fully saturated rings. The van der Waals surface area contributed by atoms with Crippen LogP contribution in [0.3, 0.4) is 0 Å². The normalized spacial score (nSPS) is 12.0. The number of aryl methyl sites for hydroxylation is 2. The molecule has 31 heavy (non-hydrogen) atoms. The van der Waals surface area contributed by atoms with Gasteiger partial charge in [-0.25, -0.2) is 0 Å². The van der Waals surface area contributed by atoms with Crippen molar-refractivity contribution in [1.29, 1.82) is 0 Å². The first-order valence-electron chi connectivity index (χ1n) is 11.3. The zero-order chi connectivity index (χ0) is 22.3. The highest BCUT2D eigenvalue weighted by atomic mass is 32.1. The summed E-state index contributed by atoms with van der Waals surface area (Å²) in [7, 11) is -4.27. The maximum atomic E-state index is 12.0. The summed E-state index contributed by atoms with van der Waals surface area (Å²) >= 11 is 4.77. The first-order chi connectivity index (χ1) is 14.9. The van der Waals surface area contributed by atoms with E-state index in [0.717, 1.165) is 33.0 Å². The molecule has 3 heterocycles. The molecule has 0 atom stereocenters. The minimum atomic E-state index is -4.27. The van der Waals surface area contributed by atoms with Crippen LogP contribution in [0.15, 0.2) is 30.3 Å². The molecule has 3 aromatic rings. The molecule has 0 aliphatic rings. The molecule has 0 aliphatic carbocycles. The largest absolute Gasteiger partial charge is 0.366 e. The van der Waals surface area contributed by atoms with Crippen LogP contribution in [0.5, 0.6) is 0 Å². The minimum Gasteiger partial charge on any atom is -0.320 e. The Morgan fingerprint density at radius 3 is 1.84 bits per heavy atom. The van der Waals surface area contributed by atoms with Gasteiger partial charge in [0.15, 0.2) is 0 Å². The maximum Gasteiger partial charge on any atom is 0.366 e. The van der Waals surface area contributed by atoms with Gasteiger partial charge in [-0.15, -0.1) is 34.0 Å². The van der Waals surface area contributed by atoms with Crippen molar-refractivity contribution in [3.05, 3.63) is 40.1 Å². The van der Waals surface area contributed by atoms with E-state index in [-0.39, 0.29) is 4.62 Å². The lowest BCUT2D eigenvalue weighted by Crippen LogP contribution is -1.95.